The Morgan fingerprint density at radius 3 is 2.62 bits per heavy atom. The molecule has 168 valence electrons. The maximum Gasteiger partial charge on any atom is 0.305 e. The van der Waals surface area contributed by atoms with E-state index in [4.69, 9.17) is 4.74 Å². The zero-order chi connectivity index (χ0) is 21.9. The molecule has 3 atom stereocenters. The minimum atomic E-state index is -0.445. The van der Waals surface area contributed by atoms with Crippen molar-refractivity contribution in [1.29, 1.82) is 0 Å². The molecule has 1 N–H and O–H groups in total. The smallest absolute Gasteiger partial charge is 0.305 e. The molecule has 0 aromatic rings. The highest BCUT2D eigenvalue weighted by Gasteiger charge is 2.43. The summed E-state index contributed by atoms with van der Waals surface area (Å²) < 4.78 is 4.95. The highest BCUT2D eigenvalue weighted by atomic mass is 16.5. The highest BCUT2D eigenvalue weighted by molar-refractivity contribution is 5.87. The van der Waals surface area contributed by atoms with E-state index >= 15 is 0 Å². The molecule has 4 nitrogen and oxygen atoms in total. The van der Waals surface area contributed by atoms with Gasteiger partial charge in [0, 0.05) is 18.3 Å². The molecule has 0 aliphatic heterocycles. The van der Waals surface area contributed by atoms with Crippen LogP contribution in [0.3, 0.4) is 0 Å². The zero-order valence-corrected chi connectivity index (χ0v) is 19.5. The minimum Gasteiger partial charge on any atom is -0.466 e. The third-order valence-corrected chi connectivity index (χ3v) is 6.52. The summed E-state index contributed by atoms with van der Waals surface area (Å²) in [5.74, 6) is 0.467. The number of esters is 1. The second-order valence-corrected chi connectivity index (χ2v) is 9.78. The Balaban J connectivity index is 2.47. The van der Waals surface area contributed by atoms with Crippen LogP contribution in [0.15, 0.2) is 12.2 Å². The fraction of sp³-hybridized carbons (Fsp3) is 0.840. The van der Waals surface area contributed by atoms with Crippen LogP contribution in [0.25, 0.3) is 0 Å². The van der Waals surface area contributed by atoms with Crippen molar-refractivity contribution < 1.29 is 19.4 Å². The van der Waals surface area contributed by atoms with Gasteiger partial charge < -0.3 is 9.84 Å². The van der Waals surface area contributed by atoms with Crippen LogP contribution in [0.2, 0.25) is 0 Å². The molecule has 0 amide bonds. The summed E-state index contributed by atoms with van der Waals surface area (Å²) in [7, 11) is 0. The van der Waals surface area contributed by atoms with Gasteiger partial charge in [-0.15, -0.1) is 0 Å². The first kappa shape index (κ1) is 25.9. The number of aliphatic hydroxyl groups excluding tert-OH is 1. The number of allylic oxidation sites excluding steroid dienone is 1. The van der Waals surface area contributed by atoms with Gasteiger partial charge in [0.1, 0.15) is 5.78 Å². The number of ether oxygens (including phenoxy) is 1. The van der Waals surface area contributed by atoms with Crippen LogP contribution >= 0.6 is 0 Å². The van der Waals surface area contributed by atoms with Gasteiger partial charge in [-0.2, -0.15) is 0 Å². The van der Waals surface area contributed by atoms with Gasteiger partial charge in [0.05, 0.1) is 12.7 Å². The summed E-state index contributed by atoms with van der Waals surface area (Å²) in [4.78, 5) is 24.0. The predicted molar refractivity (Wildman–Crippen MR) is 119 cm³/mol. The van der Waals surface area contributed by atoms with E-state index in [9.17, 15) is 14.7 Å². The normalized spacial score (nSPS) is 23.7. The van der Waals surface area contributed by atoms with Crippen molar-refractivity contribution in [2.24, 2.45) is 16.7 Å². The van der Waals surface area contributed by atoms with E-state index in [0.29, 0.717) is 25.2 Å². The fourth-order valence-electron chi connectivity index (χ4n) is 4.75. The van der Waals surface area contributed by atoms with Crippen molar-refractivity contribution in [3.8, 4) is 0 Å². The molecular formula is C25H44O4. The maximum absolute atomic E-state index is 12.6. The Hall–Kier alpha value is -1.16. The Morgan fingerprint density at radius 2 is 1.97 bits per heavy atom. The Morgan fingerprint density at radius 1 is 1.28 bits per heavy atom. The van der Waals surface area contributed by atoms with E-state index in [1.54, 1.807) is 0 Å². The molecule has 29 heavy (non-hydrogen) atoms. The van der Waals surface area contributed by atoms with Crippen LogP contribution in [0.5, 0.6) is 0 Å². The van der Waals surface area contributed by atoms with Gasteiger partial charge >= 0.3 is 5.97 Å². The predicted octanol–water partition coefficient (Wildman–Crippen LogP) is 6.01. The first-order chi connectivity index (χ1) is 13.6. The van der Waals surface area contributed by atoms with Crippen molar-refractivity contribution in [2.45, 2.75) is 111 Å². The van der Waals surface area contributed by atoms with Gasteiger partial charge in [-0.25, -0.2) is 0 Å². The topological polar surface area (TPSA) is 63.6 Å². The fourth-order valence-corrected chi connectivity index (χ4v) is 4.75. The summed E-state index contributed by atoms with van der Waals surface area (Å²) in [6.07, 6.45) is 13.4. The molecule has 0 aromatic carbocycles. The number of Topliss-reactive ketones (excluding diaryl/α,β-unsaturated/α-hetero) is 1. The molecule has 0 bridgehead atoms. The summed E-state index contributed by atoms with van der Waals surface area (Å²) >= 11 is 0. The Kier molecular flexibility index (Phi) is 11.2. The molecular weight excluding hydrogens is 364 g/mol. The largest absolute Gasteiger partial charge is 0.466 e. The molecule has 1 unspecified atom stereocenters. The van der Waals surface area contributed by atoms with Crippen molar-refractivity contribution in [3.05, 3.63) is 12.2 Å². The van der Waals surface area contributed by atoms with Crippen molar-refractivity contribution in [1.82, 2.24) is 0 Å². The average Bonchev–Trinajstić information content (AvgIpc) is 2.90. The number of carbonyl (C=O) groups is 2. The first-order valence-corrected chi connectivity index (χ1v) is 11.7. The van der Waals surface area contributed by atoms with E-state index < -0.39 is 6.10 Å². The lowest BCUT2D eigenvalue weighted by Gasteiger charge is -2.29. The number of aliphatic hydroxyl groups is 1. The quantitative estimate of drug-likeness (QED) is 0.217. The SMILES string of the molecule is CCCC(C)(C)CC(O)C=C[C@H]1CCC(=O)[C@@]1(C)CCCCCCC(=O)OCC. The third-order valence-electron chi connectivity index (χ3n) is 6.52. The molecule has 0 saturated heterocycles. The second-order valence-electron chi connectivity index (χ2n) is 9.78. The molecule has 1 aliphatic rings. The number of hydrogen-bond acceptors (Lipinski definition) is 4. The van der Waals surface area contributed by atoms with Gasteiger partial charge in [0.15, 0.2) is 0 Å². The van der Waals surface area contributed by atoms with Gasteiger partial charge in [0.2, 0.25) is 0 Å². The number of ketones is 1. The molecule has 1 saturated carbocycles. The molecule has 0 radical (unpaired) electrons. The van der Waals surface area contributed by atoms with Crippen LogP contribution in [0.4, 0.5) is 0 Å². The summed E-state index contributed by atoms with van der Waals surface area (Å²) in [6, 6.07) is 0. The number of hydrogen-bond donors (Lipinski definition) is 1. The summed E-state index contributed by atoms with van der Waals surface area (Å²) in [5.41, 5.74) is -0.173. The van der Waals surface area contributed by atoms with Gasteiger partial charge in [-0.3, -0.25) is 9.59 Å². The lowest BCUT2D eigenvalue weighted by Crippen LogP contribution is -2.28. The van der Waals surface area contributed by atoms with E-state index in [1.165, 1.54) is 0 Å². The first-order valence-electron chi connectivity index (χ1n) is 11.7. The molecule has 1 fully saturated rings. The van der Waals surface area contributed by atoms with Crippen molar-refractivity contribution in [2.75, 3.05) is 6.61 Å². The van der Waals surface area contributed by atoms with Gasteiger partial charge in [-0.1, -0.05) is 65.5 Å². The lowest BCUT2D eigenvalue weighted by molar-refractivity contribution is -0.143. The molecule has 1 aliphatic carbocycles. The summed E-state index contributed by atoms with van der Waals surface area (Å²) in [6.45, 7) is 11.0. The van der Waals surface area contributed by atoms with Crippen LogP contribution in [-0.2, 0) is 14.3 Å². The summed E-state index contributed by atoms with van der Waals surface area (Å²) in [5, 5.41) is 10.5. The standard InChI is InChI=1S/C25H44O4/c1-6-17-24(3,4)19-21(26)15-13-20-14-16-22(27)25(20,5)18-11-9-8-10-12-23(28)29-7-2/h13,15,20-21,26H,6-12,14,16-19H2,1-5H3/t20-,21?,25-/m0/s1. The number of unbranched alkanes of at least 4 members (excludes halogenated alkanes) is 3. The average molecular weight is 409 g/mol. The molecule has 0 aromatic heterocycles. The van der Waals surface area contributed by atoms with Crippen LogP contribution < -0.4 is 0 Å². The van der Waals surface area contributed by atoms with Gasteiger partial charge in [-0.05, 0) is 50.4 Å². The van der Waals surface area contributed by atoms with Crippen LogP contribution in [-0.4, -0.2) is 29.6 Å². The highest BCUT2D eigenvalue weighted by Crippen LogP contribution is 2.45. The number of carbonyl (C=O) groups excluding carboxylic acids is 2. The zero-order valence-electron chi connectivity index (χ0n) is 19.5. The molecule has 0 spiro atoms. The van der Waals surface area contributed by atoms with Crippen molar-refractivity contribution >= 4 is 11.8 Å². The van der Waals surface area contributed by atoms with E-state index in [0.717, 1.165) is 57.8 Å². The minimum absolute atomic E-state index is 0.115. The van der Waals surface area contributed by atoms with Crippen LogP contribution in [0.1, 0.15) is 105 Å². The number of rotatable bonds is 14. The molecule has 1 rings (SSSR count). The van der Waals surface area contributed by atoms with E-state index in [1.807, 2.05) is 13.0 Å². The molecule has 0 heterocycles. The molecule has 4 heteroatoms. The van der Waals surface area contributed by atoms with E-state index in [-0.39, 0.29) is 22.7 Å². The monoisotopic (exact) mass is 408 g/mol. The lowest BCUT2D eigenvalue weighted by atomic mass is 9.74. The Bertz CT molecular complexity index is 537. The van der Waals surface area contributed by atoms with Gasteiger partial charge in [0.25, 0.3) is 0 Å². The van der Waals surface area contributed by atoms with Crippen molar-refractivity contribution in [3.63, 3.8) is 0 Å². The maximum atomic E-state index is 12.6. The third kappa shape index (κ3) is 9.02. The van der Waals surface area contributed by atoms with E-state index in [2.05, 4.69) is 33.8 Å². The van der Waals surface area contributed by atoms with Crippen LogP contribution in [0, 0.1) is 16.7 Å². The second kappa shape index (κ2) is 12.5. The Labute approximate surface area is 178 Å².